The number of ether oxygens (including phenoxy) is 1. The molecule has 0 spiro atoms. The molecule has 8 heteroatoms. The molecule has 1 fully saturated rings. The smallest absolute Gasteiger partial charge is 0.410 e. The lowest BCUT2D eigenvalue weighted by molar-refractivity contribution is 0.00150. The van der Waals surface area contributed by atoms with Crippen LogP contribution in [-0.2, 0) is 4.74 Å². The molecule has 0 aromatic carbocycles. The Balaban J connectivity index is 1.76. The summed E-state index contributed by atoms with van der Waals surface area (Å²) in [6.45, 7) is 6.81. The largest absolute Gasteiger partial charge is 0.444 e. The van der Waals surface area contributed by atoms with Crippen LogP contribution in [0.1, 0.15) is 26.8 Å². The van der Waals surface area contributed by atoms with Crippen LogP contribution >= 0.6 is 22.6 Å². The molecule has 0 unspecified atom stereocenters. The van der Waals surface area contributed by atoms with Gasteiger partial charge in [-0.3, -0.25) is 0 Å². The lowest BCUT2D eigenvalue weighted by Crippen LogP contribution is -2.52. The summed E-state index contributed by atoms with van der Waals surface area (Å²) in [7, 11) is 0. The predicted octanol–water partition coefficient (Wildman–Crippen LogP) is 2.41. The molecule has 1 saturated heterocycles. The summed E-state index contributed by atoms with van der Waals surface area (Å²) in [5, 5.41) is 0.874. The average molecular weight is 415 g/mol. The van der Waals surface area contributed by atoms with E-state index in [9.17, 15) is 4.79 Å². The minimum Gasteiger partial charge on any atom is -0.444 e. The highest BCUT2D eigenvalue weighted by Crippen LogP contribution is 2.31. The van der Waals surface area contributed by atoms with Crippen molar-refractivity contribution in [2.75, 3.05) is 18.8 Å². The number of nitrogens with two attached hydrogens (primary N) is 1. The van der Waals surface area contributed by atoms with Gasteiger partial charge in [0.25, 0.3) is 0 Å². The highest BCUT2D eigenvalue weighted by molar-refractivity contribution is 14.1. The minimum atomic E-state index is -0.473. The third-order valence-electron chi connectivity index (χ3n) is 3.50. The molecule has 1 amide bonds. The number of hydrogen-bond acceptors (Lipinski definition) is 5. The fourth-order valence-electron chi connectivity index (χ4n) is 2.45. The summed E-state index contributed by atoms with van der Waals surface area (Å²) in [5.41, 5.74) is 6.26. The van der Waals surface area contributed by atoms with Gasteiger partial charge in [-0.05, 0) is 43.4 Å². The number of halogens is 1. The lowest BCUT2D eigenvalue weighted by Gasteiger charge is -2.40. The number of amides is 1. The number of carbonyl (C=O) groups excluding carboxylic acids is 1. The maximum Gasteiger partial charge on any atom is 0.410 e. The first-order valence-corrected chi connectivity index (χ1v) is 8.08. The molecule has 0 bridgehead atoms. The van der Waals surface area contributed by atoms with Crippen LogP contribution in [0.15, 0.2) is 12.5 Å². The van der Waals surface area contributed by atoms with Crippen LogP contribution in [0, 0.1) is 3.57 Å². The second-order valence-electron chi connectivity index (χ2n) is 6.38. The molecule has 1 aliphatic heterocycles. The second kappa shape index (κ2) is 5.25. The first-order valence-electron chi connectivity index (χ1n) is 7.00. The van der Waals surface area contributed by atoms with Crippen molar-refractivity contribution in [1.29, 1.82) is 0 Å². The number of anilines is 1. The fraction of sp³-hybridized carbons (Fsp3) is 0.500. The van der Waals surface area contributed by atoms with Crippen molar-refractivity contribution in [2.45, 2.75) is 32.4 Å². The molecule has 2 aromatic rings. The van der Waals surface area contributed by atoms with Crippen molar-refractivity contribution in [3.63, 3.8) is 0 Å². The van der Waals surface area contributed by atoms with E-state index in [1.54, 1.807) is 4.90 Å². The summed E-state index contributed by atoms with van der Waals surface area (Å²) in [4.78, 5) is 22.0. The van der Waals surface area contributed by atoms with Gasteiger partial charge in [-0.1, -0.05) is 0 Å². The molecule has 3 rings (SSSR count). The van der Waals surface area contributed by atoms with Gasteiger partial charge in [-0.25, -0.2) is 14.8 Å². The average Bonchev–Trinajstić information content (AvgIpc) is 2.64. The molecular weight excluding hydrogens is 397 g/mol. The Labute approximate surface area is 142 Å². The van der Waals surface area contributed by atoms with Crippen LogP contribution in [0.25, 0.3) is 11.0 Å². The Bertz CT molecular complexity index is 731. The van der Waals surface area contributed by atoms with E-state index in [2.05, 4.69) is 37.1 Å². The van der Waals surface area contributed by atoms with Crippen LogP contribution in [0.3, 0.4) is 0 Å². The Morgan fingerprint density at radius 3 is 2.73 bits per heavy atom. The number of aromatic nitrogens is 3. The summed E-state index contributed by atoms with van der Waals surface area (Å²) in [6, 6.07) is 0.188. The monoisotopic (exact) mass is 415 g/mol. The van der Waals surface area contributed by atoms with E-state index in [1.807, 2.05) is 27.0 Å². The van der Waals surface area contributed by atoms with Crippen molar-refractivity contribution in [3.05, 3.63) is 16.1 Å². The number of rotatable bonds is 1. The number of carbonyl (C=O) groups is 1. The molecule has 0 radical (unpaired) electrons. The van der Waals surface area contributed by atoms with E-state index >= 15 is 0 Å². The number of nitrogen functional groups attached to an aromatic ring is 1. The van der Waals surface area contributed by atoms with Crippen LogP contribution in [-0.4, -0.2) is 44.2 Å². The van der Waals surface area contributed by atoms with Gasteiger partial charge in [-0.2, -0.15) is 0 Å². The number of likely N-dealkylation sites (tertiary alicyclic amines) is 1. The topological polar surface area (TPSA) is 86.3 Å². The zero-order valence-corrected chi connectivity index (χ0v) is 14.9. The maximum atomic E-state index is 12.0. The fourth-order valence-corrected chi connectivity index (χ4v) is 3.26. The van der Waals surface area contributed by atoms with Gasteiger partial charge < -0.3 is 19.9 Å². The standard InChI is InChI=1S/C14H18IN5O2/c1-14(2,3)22-13(21)19-4-8(5-19)20-6-9(15)10-11(16)17-7-18-12(10)20/h6-8H,4-5H2,1-3H3,(H2,16,17,18). The molecule has 1 aliphatic rings. The van der Waals surface area contributed by atoms with Crippen LogP contribution in [0.5, 0.6) is 0 Å². The van der Waals surface area contributed by atoms with Gasteiger partial charge in [0, 0.05) is 22.9 Å². The number of nitrogens with zero attached hydrogens (tertiary/aromatic N) is 4. The first-order chi connectivity index (χ1) is 10.3. The molecule has 0 atom stereocenters. The van der Waals surface area contributed by atoms with Crippen molar-refractivity contribution in [2.24, 2.45) is 0 Å². The third-order valence-corrected chi connectivity index (χ3v) is 4.32. The number of hydrogen-bond donors (Lipinski definition) is 1. The van der Waals surface area contributed by atoms with E-state index < -0.39 is 5.60 Å². The van der Waals surface area contributed by atoms with Gasteiger partial charge in [0.1, 0.15) is 23.4 Å². The number of fused-ring (bicyclic) bond motifs is 1. The van der Waals surface area contributed by atoms with Crippen molar-refractivity contribution in [1.82, 2.24) is 19.4 Å². The van der Waals surface area contributed by atoms with Gasteiger partial charge >= 0.3 is 6.09 Å². The molecule has 0 saturated carbocycles. The normalized spacial score (nSPS) is 15.9. The van der Waals surface area contributed by atoms with Gasteiger partial charge in [0.15, 0.2) is 0 Å². The van der Waals surface area contributed by atoms with E-state index in [-0.39, 0.29) is 12.1 Å². The molecule has 3 heterocycles. The second-order valence-corrected chi connectivity index (χ2v) is 7.54. The summed E-state index contributed by atoms with van der Waals surface area (Å²) >= 11 is 2.23. The van der Waals surface area contributed by atoms with Crippen LogP contribution < -0.4 is 5.73 Å². The lowest BCUT2D eigenvalue weighted by atomic mass is 10.1. The van der Waals surface area contributed by atoms with Crippen molar-refractivity contribution < 1.29 is 9.53 Å². The highest BCUT2D eigenvalue weighted by atomic mass is 127. The Hall–Kier alpha value is -1.58. The van der Waals surface area contributed by atoms with E-state index in [0.29, 0.717) is 18.9 Å². The van der Waals surface area contributed by atoms with Gasteiger partial charge in [-0.15, -0.1) is 0 Å². The predicted molar refractivity (Wildman–Crippen MR) is 91.5 cm³/mol. The van der Waals surface area contributed by atoms with E-state index in [0.717, 1.165) is 14.6 Å². The molecule has 0 aliphatic carbocycles. The summed E-state index contributed by atoms with van der Waals surface area (Å²) < 4.78 is 8.45. The molecule has 7 nitrogen and oxygen atoms in total. The Morgan fingerprint density at radius 2 is 2.09 bits per heavy atom. The Kier molecular flexibility index (Phi) is 3.66. The molecule has 22 heavy (non-hydrogen) atoms. The SMILES string of the molecule is CC(C)(C)OC(=O)N1CC(n2cc(I)c3c(N)ncnc32)C1. The van der Waals surface area contributed by atoms with E-state index in [4.69, 9.17) is 10.5 Å². The molecule has 2 aromatic heterocycles. The zero-order valence-electron chi connectivity index (χ0n) is 12.7. The molecule has 2 N–H and O–H groups in total. The van der Waals surface area contributed by atoms with Crippen molar-refractivity contribution in [3.8, 4) is 0 Å². The van der Waals surface area contributed by atoms with Gasteiger partial charge in [0.2, 0.25) is 0 Å². The maximum absolute atomic E-state index is 12.0. The summed E-state index contributed by atoms with van der Waals surface area (Å²) in [6.07, 6.45) is 3.20. The quantitative estimate of drug-likeness (QED) is 0.724. The highest BCUT2D eigenvalue weighted by Gasteiger charge is 2.35. The summed E-state index contributed by atoms with van der Waals surface area (Å²) in [5.74, 6) is 0.483. The first kappa shape index (κ1) is 15.3. The third kappa shape index (κ3) is 2.71. The van der Waals surface area contributed by atoms with Crippen molar-refractivity contribution >= 4 is 45.5 Å². The van der Waals surface area contributed by atoms with E-state index in [1.165, 1.54) is 6.33 Å². The Morgan fingerprint density at radius 1 is 1.41 bits per heavy atom. The molecular formula is C14H18IN5O2. The van der Waals surface area contributed by atoms with Crippen LogP contribution in [0.4, 0.5) is 10.6 Å². The zero-order chi connectivity index (χ0) is 16.1. The van der Waals surface area contributed by atoms with Gasteiger partial charge in [0.05, 0.1) is 11.4 Å². The molecule has 118 valence electrons. The van der Waals surface area contributed by atoms with Crippen LogP contribution in [0.2, 0.25) is 0 Å². The minimum absolute atomic E-state index is 0.188.